The van der Waals surface area contributed by atoms with Crippen LogP contribution in [0.15, 0.2) is 34.6 Å². The molecule has 6 nitrogen and oxygen atoms in total. The molecular formula is C14H14BrF4N5O. The van der Waals surface area contributed by atoms with Gasteiger partial charge < -0.3 is 4.74 Å². The molecule has 0 spiro atoms. The van der Waals surface area contributed by atoms with Crippen LogP contribution in [-0.2, 0) is 9.57 Å². The van der Waals surface area contributed by atoms with Crippen LogP contribution >= 0.6 is 15.9 Å². The second-order valence-electron chi connectivity index (χ2n) is 4.99. The third-order valence-corrected chi connectivity index (χ3v) is 3.46. The Bertz CT molecular complexity index is 711. The number of halogens is 5. The Balaban J connectivity index is 2.27. The van der Waals surface area contributed by atoms with Crippen LogP contribution in [-0.4, -0.2) is 46.3 Å². The van der Waals surface area contributed by atoms with Gasteiger partial charge in [-0.15, -0.1) is 10.2 Å². The van der Waals surface area contributed by atoms with Crippen molar-refractivity contribution in [1.82, 2.24) is 14.8 Å². The number of nitrogens with zero attached hydrogens (tertiary/aromatic N) is 5. The minimum absolute atomic E-state index is 0.108. The summed E-state index contributed by atoms with van der Waals surface area (Å²) in [7, 11) is 0. The maximum Gasteiger partial charge on any atom is 0.360 e. The Morgan fingerprint density at radius 3 is 2.84 bits per heavy atom. The van der Waals surface area contributed by atoms with Crippen molar-refractivity contribution in [2.45, 2.75) is 30.3 Å². The Kier molecular flexibility index (Phi) is 6.09. The summed E-state index contributed by atoms with van der Waals surface area (Å²) in [6, 6.07) is -0.730. The van der Waals surface area contributed by atoms with Gasteiger partial charge in [-0.1, -0.05) is 12.7 Å². The molecule has 11 heteroatoms. The van der Waals surface area contributed by atoms with E-state index in [1.807, 2.05) is 0 Å². The molecule has 0 radical (unpaired) electrons. The van der Waals surface area contributed by atoms with Crippen LogP contribution in [0.2, 0.25) is 0 Å². The summed E-state index contributed by atoms with van der Waals surface area (Å²) < 4.78 is 58.6. The van der Waals surface area contributed by atoms with Gasteiger partial charge in [-0.2, -0.15) is 8.78 Å². The van der Waals surface area contributed by atoms with Gasteiger partial charge in [-0.05, 0) is 28.9 Å². The fourth-order valence-corrected chi connectivity index (χ4v) is 2.23. The van der Waals surface area contributed by atoms with Crippen LogP contribution in [0, 0.1) is 0 Å². The lowest BCUT2D eigenvalue weighted by Crippen LogP contribution is -2.26. The Morgan fingerprint density at radius 2 is 2.24 bits per heavy atom. The number of fused-ring (bicyclic) bond motifs is 1. The highest BCUT2D eigenvalue weighted by Crippen LogP contribution is 2.35. The summed E-state index contributed by atoms with van der Waals surface area (Å²) >= 11 is 2.25. The maximum atomic E-state index is 13.6. The monoisotopic (exact) mass is 423 g/mol. The molecule has 0 saturated heterocycles. The van der Waals surface area contributed by atoms with E-state index in [2.05, 4.69) is 42.7 Å². The molecule has 0 aromatic carbocycles. The van der Waals surface area contributed by atoms with Gasteiger partial charge in [0.15, 0.2) is 11.9 Å². The summed E-state index contributed by atoms with van der Waals surface area (Å²) in [5, 5.41) is 7.10. The zero-order chi connectivity index (χ0) is 18.6. The van der Waals surface area contributed by atoms with Gasteiger partial charge in [0.25, 0.3) is 6.43 Å². The number of hydrogen-bond acceptors (Lipinski definition) is 5. The van der Waals surface area contributed by atoms with Crippen molar-refractivity contribution in [1.29, 1.82) is 0 Å². The molecule has 1 aromatic rings. The van der Waals surface area contributed by atoms with E-state index in [0.29, 0.717) is 0 Å². The molecule has 1 unspecified atom stereocenters. The molecule has 0 aliphatic carbocycles. The summed E-state index contributed by atoms with van der Waals surface area (Å²) in [5.41, 5.74) is 0. The highest BCUT2D eigenvalue weighted by atomic mass is 79.9. The van der Waals surface area contributed by atoms with Crippen molar-refractivity contribution < 1.29 is 22.3 Å². The van der Waals surface area contributed by atoms with Crippen LogP contribution < -0.4 is 0 Å². The average Bonchev–Trinajstić information content (AvgIpc) is 2.97. The van der Waals surface area contributed by atoms with Crippen LogP contribution in [0.3, 0.4) is 0 Å². The van der Waals surface area contributed by atoms with Crippen LogP contribution in [0.5, 0.6) is 0 Å². The Hall–Kier alpha value is -2.04. The highest BCUT2D eigenvalue weighted by Gasteiger charge is 2.37. The van der Waals surface area contributed by atoms with Gasteiger partial charge in [0, 0.05) is 6.21 Å². The number of rotatable bonds is 7. The number of ether oxygens (including phenoxy) is 1. The summed E-state index contributed by atoms with van der Waals surface area (Å²) in [4.78, 5) is 4.58. The van der Waals surface area contributed by atoms with Gasteiger partial charge in [0.1, 0.15) is 0 Å². The van der Waals surface area contributed by atoms with Crippen molar-refractivity contribution >= 4 is 28.4 Å². The third-order valence-electron chi connectivity index (χ3n) is 3.10. The Morgan fingerprint density at radius 1 is 1.52 bits per heavy atom. The van der Waals surface area contributed by atoms with Crippen molar-refractivity contribution in [3.05, 3.63) is 36.3 Å². The van der Waals surface area contributed by atoms with Gasteiger partial charge in [0.05, 0.1) is 18.8 Å². The number of aliphatic imine (C=N–C) groups is 2. The number of alkyl halides is 5. The van der Waals surface area contributed by atoms with Gasteiger partial charge in [0.2, 0.25) is 11.7 Å². The minimum Gasteiger partial charge on any atom is -0.469 e. The molecule has 1 aliphatic heterocycles. The SMILES string of the molecule is C=C/C=C(\N=C/[C@H]1CN=Cc2nnc(C(F)(F)Br)n21)OC(C)C(F)F. The predicted octanol–water partition coefficient (Wildman–Crippen LogP) is 3.46. The highest BCUT2D eigenvalue weighted by molar-refractivity contribution is 9.09. The first-order chi connectivity index (χ1) is 11.7. The lowest BCUT2D eigenvalue weighted by Gasteiger charge is -2.20. The van der Waals surface area contributed by atoms with Gasteiger partial charge in [-0.25, -0.2) is 13.8 Å². The number of allylic oxidation sites excluding steroid dienone is 2. The minimum atomic E-state index is -3.39. The molecule has 2 heterocycles. The maximum absolute atomic E-state index is 13.6. The smallest absolute Gasteiger partial charge is 0.360 e. The van der Waals surface area contributed by atoms with E-state index in [-0.39, 0.29) is 18.3 Å². The first kappa shape index (κ1) is 19.3. The summed E-state index contributed by atoms with van der Waals surface area (Å²) in [6.07, 6.45) is 1.08. The molecule has 0 saturated carbocycles. The molecule has 1 aliphatic rings. The number of aromatic nitrogens is 3. The quantitative estimate of drug-likeness (QED) is 0.222. The zero-order valence-electron chi connectivity index (χ0n) is 13.0. The van der Waals surface area contributed by atoms with E-state index in [1.54, 1.807) is 0 Å². The van der Waals surface area contributed by atoms with Crippen molar-refractivity contribution in [2.75, 3.05) is 6.54 Å². The van der Waals surface area contributed by atoms with Crippen LogP contribution in [0.4, 0.5) is 17.6 Å². The second-order valence-corrected chi connectivity index (χ2v) is 5.98. The standard InChI is InChI=1S/C14H14BrF4N5O/c1-3-4-11(25-8(2)12(16)17)21-6-9-5-20-7-10-22-23-13(24(9)10)14(15,18)19/h3-4,6-9,12H,1,5H2,2H3/b11-4+,21-6-/t8?,9-/m1/s1. The molecule has 0 fully saturated rings. The average molecular weight is 424 g/mol. The Labute approximate surface area is 149 Å². The second kappa shape index (κ2) is 7.89. The molecule has 0 N–H and O–H groups in total. The van der Waals surface area contributed by atoms with Crippen molar-refractivity contribution in [2.24, 2.45) is 9.98 Å². The predicted molar refractivity (Wildman–Crippen MR) is 87.7 cm³/mol. The normalized spacial score (nSPS) is 19.3. The molecule has 2 rings (SSSR count). The molecule has 136 valence electrons. The van der Waals surface area contributed by atoms with E-state index >= 15 is 0 Å². The zero-order valence-corrected chi connectivity index (χ0v) is 14.6. The van der Waals surface area contributed by atoms with Crippen molar-refractivity contribution in [3.8, 4) is 0 Å². The lowest BCUT2D eigenvalue weighted by molar-refractivity contribution is -0.0146. The molecule has 25 heavy (non-hydrogen) atoms. The lowest BCUT2D eigenvalue weighted by atomic mass is 10.2. The van der Waals surface area contributed by atoms with E-state index < -0.39 is 29.2 Å². The van der Waals surface area contributed by atoms with E-state index in [0.717, 1.165) is 4.57 Å². The molecule has 2 atom stereocenters. The van der Waals surface area contributed by atoms with Gasteiger partial charge in [-0.3, -0.25) is 9.56 Å². The van der Waals surface area contributed by atoms with E-state index in [4.69, 9.17) is 4.74 Å². The third kappa shape index (κ3) is 4.74. The van der Waals surface area contributed by atoms with Crippen LogP contribution in [0.1, 0.15) is 24.6 Å². The molecule has 0 bridgehead atoms. The summed E-state index contributed by atoms with van der Waals surface area (Å²) in [6.45, 7) is 4.74. The first-order valence-electron chi connectivity index (χ1n) is 7.07. The topological polar surface area (TPSA) is 64.7 Å². The van der Waals surface area contributed by atoms with Gasteiger partial charge >= 0.3 is 4.83 Å². The molecule has 1 aromatic heterocycles. The van der Waals surface area contributed by atoms with E-state index in [9.17, 15) is 17.6 Å². The molecule has 0 amide bonds. The fraction of sp³-hybridized carbons (Fsp3) is 0.429. The largest absolute Gasteiger partial charge is 0.469 e. The first-order valence-corrected chi connectivity index (χ1v) is 7.87. The number of hydrogen-bond donors (Lipinski definition) is 0. The van der Waals surface area contributed by atoms with E-state index in [1.165, 1.54) is 31.5 Å². The molecular weight excluding hydrogens is 410 g/mol. The fourth-order valence-electron chi connectivity index (χ4n) is 1.96. The summed E-state index contributed by atoms with van der Waals surface area (Å²) in [5.74, 6) is -0.603. The van der Waals surface area contributed by atoms with Crippen LogP contribution in [0.25, 0.3) is 0 Å². The van der Waals surface area contributed by atoms with Crippen molar-refractivity contribution in [3.63, 3.8) is 0 Å².